The molecule has 0 saturated heterocycles. The predicted molar refractivity (Wildman–Crippen MR) is 71.6 cm³/mol. The predicted octanol–water partition coefficient (Wildman–Crippen LogP) is 2.21. The summed E-state index contributed by atoms with van der Waals surface area (Å²) in [7, 11) is -3.09. The van der Waals surface area contributed by atoms with Crippen LogP contribution >= 0.6 is 0 Å². The van der Waals surface area contributed by atoms with E-state index in [0.717, 1.165) is 11.1 Å². The Morgan fingerprint density at radius 2 is 1.71 bits per heavy atom. The topological polar surface area (TPSA) is 60.2 Å². The van der Waals surface area contributed by atoms with Crippen molar-refractivity contribution >= 4 is 9.84 Å². The molecule has 0 aliphatic heterocycles. The molecule has 0 aliphatic rings. The second kappa shape index (κ2) is 5.65. The number of rotatable bonds is 5. The SMILES string of the molecule is CC[C@H]([C@@H](N)c1ccc(C)cc1)S(=O)(=O)CC. The Hall–Kier alpha value is -0.870. The van der Waals surface area contributed by atoms with E-state index in [-0.39, 0.29) is 5.75 Å². The van der Waals surface area contributed by atoms with Crippen LogP contribution in [-0.4, -0.2) is 19.4 Å². The van der Waals surface area contributed by atoms with Crippen molar-refractivity contribution in [2.24, 2.45) is 5.73 Å². The molecule has 0 aromatic heterocycles. The molecule has 0 amide bonds. The van der Waals surface area contributed by atoms with Crippen molar-refractivity contribution < 1.29 is 8.42 Å². The van der Waals surface area contributed by atoms with Gasteiger partial charge in [-0.1, -0.05) is 43.7 Å². The summed E-state index contributed by atoms with van der Waals surface area (Å²) in [6.45, 7) is 5.53. The van der Waals surface area contributed by atoms with E-state index >= 15 is 0 Å². The molecule has 0 bridgehead atoms. The third-order valence-corrected chi connectivity index (χ3v) is 5.48. The Morgan fingerprint density at radius 1 is 1.18 bits per heavy atom. The number of nitrogens with two attached hydrogens (primary N) is 1. The fourth-order valence-corrected chi connectivity index (χ4v) is 3.49. The van der Waals surface area contributed by atoms with E-state index in [4.69, 9.17) is 5.73 Å². The first-order valence-corrected chi connectivity index (χ1v) is 7.67. The molecule has 1 rings (SSSR count). The first-order chi connectivity index (χ1) is 7.92. The second-order valence-corrected chi connectivity index (χ2v) is 6.84. The van der Waals surface area contributed by atoms with E-state index in [9.17, 15) is 8.42 Å². The van der Waals surface area contributed by atoms with Crippen molar-refractivity contribution in [2.75, 3.05) is 5.75 Å². The van der Waals surface area contributed by atoms with E-state index in [1.165, 1.54) is 0 Å². The van der Waals surface area contributed by atoms with Crippen molar-refractivity contribution in [2.45, 2.75) is 38.5 Å². The Morgan fingerprint density at radius 3 is 2.12 bits per heavy atom. The van der Waals surface area contributed by atoms with Gasteiger partial charge in [0.25, 0.3) is 0 Å². The van der Waals surface area contributed by atoms with Gasteiger partial charge in [-0.05, 0) is 18.9 Å². The molecule has 0 radical (unpaired) electrons. The molecule has 0 unspecified atom stereocenters. The van der Waals surface area contributed by atoms with Gasteiger partial charge in [0, 0.05) is 11.8 Å². The molecule has 2 atom stereocenters. The summed E-state index contributed by atoms with van der Waals surface area (Å²) in [6.07, 6.45) is 0.547. The first-order valence-electron chi connectivity index (χ1n) is 5.96. The van der Waals surface area contributed by atoms with Crippen LogP contribution in [0.15, 0.2) is 24.3 Å². The minimum absolute atomic E-state index is 0.144. The normalized spacial score (nSPS) is 15.5. The lowest BCUT2D eigenvalue weighted by atomic mass is 10.0. The van der Waals surface area contributed by atoms with Crippen molar-refractivity contribution in [3.63, 3.8) is 0 Å². The molecule has 0 heterocycles. The molecule has 17 heavy (non-hydrogen) atoms. The summed E-state index contributed by atoms with van der Waals surface area (Å²) >= 11 is 0. The molecule has 0 spiro atoms. The Bertz CT molecular complexity index is 451. The maximum atomic E-state index is 11.9. The van der Waals surface area contributed by atoms with Crippen LogP contribution in [0.2, 0.25) is 0 Å². The van der Waals surface area contributed by atoms with Crippen LogP contribution in [0.4, 0.5) is 0 Å². The molecule has 4 heteroatoms. The summed E-state index contributed by atoms with van der Waals surface area (Å²) in [6, 6.07) is 7.30. The zero-order chi connectivity index (χ0) is 13.1. The van der Waals surface area contributed by atoms with E-state index in [0.29, 0.717) is 6.42 Å². The van der Waals surface area contributed by atoms with Crippen LogP contribution in [0, 0.1) is 6.92 Å². The van der Waals surface area contributed by atoms with Crippen LogP contribution in [-0.2, 0) is 9.84 Å². The number of hydrogen-bond donors (Lipinski definition) is 1. The van der Waals surface area contributed by atoms with Gasteiger partial charge < -0.3 is 5.73 Å². The van der Waals surface area contributed by atoms with Crippen molar-refractivity contribution in [1.82, 2.24) is 0 Å². The molecule has 0 fully saturated rings. The highest BCUT2D eigenvalue weighted by molar-refractivity contribution is 7.92. The maximum Gasteiger partial charge on any atom is 0.154 e. The lowest BCUT2D eigenvalue weighted by molar-refractivity contribution is 0.549. The van der Waals surface area contributed by atoms with Crippen LogP contribution in [0.3, 0.4) is 0 Å². The summed E-state index contributed by atoms with van der Waals surface area (Å²) in [5.41, 5.74) is 8.12. The van der Waals surface area contributed by atoms with Gasteiger partial charge in [-0.25, -0.2) is 8.42 Å². The van der Waals surface area contributed by atoms with Crippen molar-refractivity contribution in [3.8, 4) is 0 Å². The largest absolute Gasteiger partial charge is 0.323 e. The van der Waals surface area contributed by atoms with Crippen LogP contribution < -0.4 is 5.73 Å². The van der Waals surface area contributed by atoms with Gasteiger partial charge in [0.15, 0.2) is 9.84 Å². The number of hydrogen-bond acceptors (Lipinski definition) is 3. The summed E-state index contributed by atoms with van der Waals surface area (Å²) in [5, 5.41) is -0.491. The van der Waals surface area contributed by atoms with Crippen LogP contribution in [0.1, 0.15) is 37.4 Å². The molecule has 96 valence electrons. The van der Waals surface area contributed by atoms with E-state index < -0.39 is 21.1 Å². The first kappa shape index (κ1) is 14.2. The minimum Gasteiger partial charge on any atom is -0.323 e. The van der Waals surface area contributed by atoms with Gasteiger partial charge in [0.05, 0.1) is 5.25 Å². The standard InChI is InChI=1S/C13H21NO2S/c1-4-12(17(15,16)5-2)13(14)11-8-6-10(3)7-9-11/h6-9,12-13H,4-5,14H2,1-3H3/t12-,13+/m1/s1. The molecule has 3 nitrogen and oxygen atoms in total. The third-order valence-electron chi connectivity index (χ3n) is 3.13. The Labute approximate surface area is 104 Å². The van der Waals surface area contributed by atoms with Crippen molar-refractivity contribution in [3.05, 3.63) is 35.4 Å². The zero-order valence-electron chi connectivity index (χ0n) is 10.7. The van der Waals surface area contributed by atoms with Gasteiger partial charge in [-0.2, -0.15) is 0 Å². The lowest BCUT2D eigenvalue weighted by Gasteiger charge is -2.22. The number of benzene rings is 1. The minimum atomic E-state index is -3.09. The fraction of sp³-hybridized carbons (Fsp3) is 0.538. The number of sulfone groups is 1. The smallest absolute Gasteiger partial charge is 0.154 e. The highest BCUT2D eigenvalue weighted by Gasteiger charge is 2.29. The Balaban J connectivity index is 3.02. The zero-order valence-corrected chi connectivity index (χ0v) is 11.5. The average Bonchev–Trinajstić information content (AvgIpc) is 2.30. The van der Waals surface area contributed by atoms with E-state index in [1.807, 2.05) is 38.1 Å². The molecule has 0 saturated carbocycles. The molecule has 0 aliphatic carbocycles. The number of aryl methyl sites for hydroxylation is 1. The maximum absolute atomic E-state index is 11.9. The van der Waals surface area contributed by atoms with E-state index in [1.54, 1.807) is 6.92 Å². The molecular formula is C13H21NO2S. The van der Waals surface area contributed by atoms with Gasteiger partial charge in [-0.3, -0.25) is 0 Å². The van der Waals surface area contributed by atoms with E-state index in [2.05, 4.69) is 0 Å². The van der Waals surface area contributed by atoms with Crippen LogP contribution in [0.5, 0.6) is 0 Å². The van der Waals surface area contributed by atoms with Gasteiger partial charge in [0.2, 0.25) is 0 Å². The Kier molecular flexibility index (Phi) is 4.71. The second-order valence-electron chi connectivity index (χ2n) is 4.33. The monoisotopic (exact) mass is 255 g/mol. The quantitative estimate of drug-likeness (QED) is 0.877. The molecule has 2 N–H and O–H groups in total. The van der Waals surface area contributed by atoms with Crippen LogP contribution in [0.25, 0.3) is 0 Å². The molecule has 1 aromatic rings. The van der Waals surface area contributed by atoms with Gasteiger partial charge in [0.1, 0.15) is 0 Å². The van der Waals surface area contributed by atoms with Gasteiger partial charge in [-0.15, -0.1) is 0 Å². The van der Waals surface area contributed by atoms with Crippen molar-refractivity contribution in [1.29, 1.82) is 0 Å². The molecular weight excluding hydrogens is 234 g/mol. The highest BCUT2D eigenvalue weighted by Crippen LogP contribution is 2.23. The highest BCUT2D eigenvalue weighted by atomic mass is 32.2. The summed E-state index contributed by atoms with van der Waals surface area (Å²) < 4.78 is 23.9. The molecule has 1 aromatic carbocycles. The van der Waals surface area contributed by atoms with Gasteiger partial charge >= 0.3 is 0 Å². The lowest BCUT2D eigenvalue weighted by Crippen LogP contribution is -2.34. The fourth-order valence-electron chi connectivity index (χ4n) is 1.95. The summed E-state index contributed by atoms with van der Waals surface area (Å²) in [5.74, 6) is 0.144. The summed E-state index contributed by atoms with van der Waals surface area (Å²) in [4.78, 5) is 0. The third kappa shape index (κ3) is 3.30. The average molecular weight is 255 g/mol.